The molecule has 0 aliphatic heterocycles. The van der Waals surface area contributed by atoms with Crippen LogP contribution in [0.5, 0.6) is 0 Å². The summed E-state index contributed by atoms with van der Waals surface area (Å²) in [5.74, 6) is 1.75. The maximum atomic E-state index is 6.21. The maximum absolute atomic E-state index is 6.21. The van der Waals surface area contributed by atoms with Crippen molar-refractivity contribution in [3.63, 3.8) is 0 Å². The summed E-state index contributed by atoms with van der Waals surface area (Å²) < 4.78 is 13.4. The standard InChI is InChI=1S/C51H28N6O/c1-2-12-29(13-3-1)49-52-50(30-24-27-44-38(28-30)33-16-6-9-23-43(33)58-44)54-51(53-49)57-40-20-8-5-15-32(40)36-25-26-37-35-18-11-21-41-46(35)56(47(37)48(36)57)42-22-10-17-34-31-14-4-7-19-39(31)55(41)45(34)42/h1-28H. The summed E-state index contributed by atoms with van der Waals surface area (Å²) in [6.45, 7) is 0. The molecule has 7 heteroatoms. The molecule has 0 saturated heterocycles. The third kappa shape index (κ3) is 3.80. The highest BCUT2D eigenvalue weighted by molar-refractivity contribution is 6.27. The van der Waals surface area contributed by atoms with Crippen molar-refractivity contribution >= 4 is 98.4 Å². The first-order chi connectivity index (χ1) is 28.8. The van der Waals surface area contributed by atoms with Crippen molar-refractivity contribution in [2.24, 2.45) is 0 Å². The lowest BCUT2D eigenvalue weighted by Crippen LogP contribution is -2.07. The predicted octanol–water partition coefficient (Wildman–Crippen LogP) is 12.8. The smallest absolute Gasteiger partial charge is 0.238 e. The SMILES string of the molecule is c1ccc(-c2nc(-c3ccc4oc5ccccc5c4c3)nc(-n3c4ccccc4c4ccc5c6cccc7c6n(c6cccc8c9ccccc9n7c86)c5c43)n2)cc1. The van der Waals surface area contributed by atoms with E-state index >= 15 is 0 Å². The van der Waals surface area contributed by atoms with Crippen molar-refractivity contribution in [2.45, 2.75) is 0 Å². The largest absolute Gasteiger partial charge is 0.456 e. The Morgan fingerprint density at radius 3 is 1.69 bits per heavy atom. The Morgan fingerprint density at radius 1 is 0.328 bits per heavy atom. The van der Waals surface area contributed by atoms with Crippen LogP contribution < -0.4 is 0 Å². The van der Waals surface area contributed by atoms with E-state index in [1.807, 2.05) is 48.5 Å². The molecular weight excluding hydrogens is 713 g/mol. The minimum Gasteiger partial charge on any atom is -0.456 e. The molecule has 6 heterocycles. The molecule has 0 radical (unpaired) electrons. The second-order valence-corrected chi connectivity index (χ2v) is 15.2. The van der Waals surface area contributed by atoms with Crippen LogP contribution in [0.3, 0.4) is 0 Å². The van der Waals surface area contributed by atoms with E-state index < -0.39 is 0 Å². The van der Waals surface area contributed by atoms with Crippen LogP contribution in [0.1, 0.15) is 0 Å². The summed E-state index contributed by atoms with van der Waals surface area (Å²) in [7, 11) is 0. The number of fused-ring (bicyclic) bond motifs is 15. The Bertz CT molecular complexity index is 4040. The van der Waals surface area contributed by atoms with Crippen molar-refractivity contribution in [1.29, 1.82) is 0 Å². The summed E-state index contributed by atoms with van der Waals surface area (Å²) in [4.78, 5) is 15.9. The Balaban J connectivity index is 1.16. The van der Waals surface area contributed by atoms with Gasteiger partial charge in [-0.1, -0.05) is 121 Å². The summed E-state index contributed by atoms with van der Waals surface area (Å²) in [6, 6.07) is 59.9. The van der Waals surface area contributed by atoms with Crippen LogP contribution in [0.4, 0.5) is 0 Å². The lowest BCUT2D eigenvalue weighted by molar-refractivity contribution is 0.669. The highest BCUT2D eigenvalue weighted by atomic mass is 16.3. The van der Waals surface area contributed by atoms with Gasteiger partial charge in [0.05, 0.1) is 44.1 Å². The molecular formula is C51H28N6O. The molecule has 8 aromatic carbocycles. The fourth-order valence-electron chi connectivity index (χ4n) is 9.81. The molecule has 14 aromatic rings. The molecule has 0 N–H and O–H groups in total. The number of hydrogen-bond acceptors (Lipinski definition) is 4. The van der Waals surface area contributed by atoms with E-state index in [4.69, 9.17) is 19.4 Å². The zero-order chi connectivity index (χ0) is 37.6. The van der Waals surface area contributed by atoms with Gasteiger partial charge in [0, 0.05) is 54.2 Å². The van der Waals surface area contributed by atoms with Crippen molar-refractivity contribution in [3.8, 4) is 28.7 Å². The van der Waals surface area contributed by atoms with Crippen molar-refractivity contribution in [3.05, 3.63) is 170 Å². The monoisotopic (exact) mass is 740 g/mol. The van der Waals surface area contributed by atoms with Gasteiger partial charge in [-0.3, -0.25) is 4.57 Å². The normalized spacial score (nSPS) is 12.5. The van der Waals surface area contributed by atoms with Crippen LogP contribution in [0.2, 0.25) is 0 Å². The van der Waals surface area contributed by atoms with E-state index in [1.54, 1.807) is 0 Å². The number of aromatic nitrogens is 6. The average Bonchev–Trinajstić information content (AvgIpc) is 4.03. The minimum absolute atomic E-state index is 0.557. The van der Waals surface area contributed by atoms with Crippen LogP contribution in [-0.4, -0.2) is 28.3 Å². The highest BCUT2D eigenvalue weighted by Gasteiger charge is 2.26. The van der Waals surface area contributed by atoms with Gasteiger partial charge < -0.3 is 13.2 Å². The van der Waals surface area contributed by atoms with Gasteiger partial charge in [0.15, 0.2) is 11.6 Å². The van der Waals surface area contributed by atoms with Gasteiger partial charge in [-0.05, 0) is 48.5 Å². The molecule has 268 valence electrons. The molecule has 0 aliphatic rings. The summed E-state index contributed by atoms with van der Waals surface area (Å²) in [6.07, 6.45) is 0. The maximum Gasteiger partial charge on any atom is 0.238 e. The van der Waals surface area contributed by atoms with Crippen LogP contribution in [0.15, 0.2) is 174 Å². The van der Waals surface area contributed by atoms with E-state index in [1.165, 1.54) is 43.6 Å². The van der Waals surface area contributed by atoms with Crippen LogP contribution in [0, 0.1) is 0 Å². The molecule has 14 rings (SSSR count). The first kappa shape index (κ1) is 30.2. The fourth-order valence-corrected chi connectivity index (χ4v) is 9.81. The van der Waals surface area contributed by atoms with E-state index in [2.05, 4.69) is 135 Å². The lowest BCUT2D eigenvalue weighted by Gasteiger charge is -2.13. The van der Waals surface area contributed by atoms with Gasteiger partial charge in [0.1, 0.15) is 11.2 Å². The number of hydrogen-bond donors (Lipinski definition) is 0. The predicted molar refractivity (Wildman–Crippen MR) is 235 cm³/mol. The average molecular weight is 741 g/mol. The molecule has 6 aromatic heterocycles. The molecule has 0 unspecified atom stereocenters. The Kier molecular flexibility index (Phi) is 5.65. The van der Waals surface area contributed by atoms with Crippen LogP contribution in [-0.2, 0) is 0 Å². The van der Waals surface area contributed by atoms with Gasteiger partial charge in [0.2, 0.25) is 5.95 Å². The molecule has 0 aliphatic carbocycles. The van der Waals surface area contributed by atoms with Gasteiger partial charge >= 0.3 is 0 Å². The number of furan rings is 1. The third-order valence-electron chi connectivity index (χ3n) is 12.2. The quantitative estimate of drug-likeness (QED) is 0.169. The topological polar surface area (TPSA) is 65.6 Å². The van der Waals surface area contributed by atoms with Gasteiger partial charge in [-0.15, -0.1) is 0 Å². The minimum atomic E-state index is 0.557. The summed E-state index contributed by atoms with van der Waals surface area (Å²) in [5.41, 5.74) is 12.6. The van der Waals surface area contributed by atoms with Crippen molar-refractivity contribution in [1.82, 2.24) is 28.3 Å². The molecule has 7 nitrogen and oxygen atoms in total. The Labute approximate surface area is 328 Å². The first-order valence-electron chi connectivity index (χ1n) is 19.5. The molecule has 0 bridgehead atoms. The summed E-state index contributed by atoms with van der Waals surface area (Å²) >= 11 is 0. The zero-order valence-electron chi connectivity index (χ0n) is 30.8. The highest BCUT2D eigenvalue weighted by Crippen LogP contribution is 2.45. The molecule has 58 heavy (non-hydrogen) atoms. The molecule has 0 fully saturated rings. The van der Waals surface area contributed by atoms with Gasteiger partial charge in [0.25, 0.3) is 0 Å². The zero-order valence-corrected chi connectivity index (χ0v) is 30.8. The third-order valence-corrected chi connectivity index (χ3v) is 12.2. The van der Waals surface area contributed by atoms with Crippen LogP contribution in [0.25, 0.3) is 127 Å². The number of benzene rings is 8. The number of rotatable bonds is 3. The second-order valence-electron chi connectivity index (χ2n) is 15.2. The first-order valence-corrected chi connectivity index (χ1v) is 19.5. The Morgan fingerprint density at radius 2 is 0.879 bits per heavy atom. The molecule has 0 spiro atoms. The van der Waals surface area contributed by atoms with E-state index in [9.17, 15) is 0 Å². The number of para-hydroxylation sites is 5. The van der Waals surface area contributed by atoms with Crippen LogP contribution >= 0.6 is 0 Å². The van der Waals surface area contributed by atoms with E-state index in [-0.39, 0.29) is 0 Å². The van der Waals surface area contributed by atoms with Gasteiger partial charge in [-0.25, -0.2) is 4.98 Å². The van der Waals surface area contributed by atoms with Crippen molar-refractivity contribution in [2.75, 3.05) is 0 Å². The second kappa shape index (κ2) is 10.8. The molecule has 0 atom stereocenters. The van der Waals surface area contributed by atoms with Crippen molar-refractivity contribution < 1.29 is 4.42 Å². The number of nitrogens with zero attached hydrogens (tertiary/aromatic N) is 6. The lowest BCUT2D eigenvalue weighted by atomic mass is 10.1. The van der Waals surface area contributed by atoms with E-state index in [0.717, 1.165) is 65.9 Å². The van der Waals surface area contributed by atoms with E-state index in [0.29, 0.717) is 17.6 Å². The molecule has 0 amide bonds. The Hall–Kier alpha value is -8.03. The summed E-state index contributed by atoms with van der Waals surface area (Å²) in [5, 5.41) is 9.22. The van der Waals surface area contributed by atoms with Gasteiger partial charge in [-0.2, -0.15) is 9.97 Å². The fraction of sp³-hybridized carbons (Fsp3) is 0. The molecule has 0 saturated carbocycles.